The van der Waals surface area contributed by atoms with Gasteiger partial charge in [0.1, 0.15) is 17.1 Å². The molecule has 1 aromatic carbocycles. The number of carbonyl (C=O) groups is 1. The molecule has 0 bridgehead atoms. The Morgan fingerprint density at radius 1 is 1.27 bits per heavy atom. The van der Waals surface area contributed by atoms with Crippen LogP contribution in [0.4, 0.5) is 10.6 Å². The third-order valence-corrected chi connectivity index (χ3v) is 4.24. The highest BCUT2D eigenvalue weighted by atomic mass is 79.9. The van der Waals surface area contributed by atoms with E-state index in [4.69, 9.17) is 4.74 Å². The normalized spacial score (nSPS) is 10.6. The molecule has 0 aliphatic carbocycles. The standard InChI is InChI=1S/C18H18BrN5O2/c1-4-20-18(25)24-15-6-5-13-17(23-15)22-14(9-21-13)11-7-10(2)8-12(19)16(11)26-3/h5-9H,4H2,1-3H3,(H2,20,22,23,24,25). The molecule has 0 atom stereocenters. The monoisotopic (exact) mass is 415 g/mol. The maximum atomic E-state index is 11.7. The first-order chi connectivity index (χ1) is 12.5. The molecular formula is C18H18BrN5O2. The van der Waals surface area contributed by atoms with Gasteiger partial charge in [-0.15, -0.1) is 0 Å². The molecule has 3 aromatic rings. The molecule has 26 heavy (non-hydrogen) atoms. The van der Waals surface area contributed by atoms with Crippen LogP contribution in [0.15, 0.2) is 34.9 Å². The summed E-state index contributed by atoms with van der Waals surface area (Å²) >= 11 is 3.52. The molecule has 0 radical (unpaired) electrons. The summed E-state index contributed by atoms with van der Waals surface area (Å²) in [6.07, 6.45) is 1.69. The Kier molecular flexibility index (Phi) is 5.32. The summed E-state index contributed by atoms with van der Waals surface area (Å²) < 4.78 is 6.34. The van der Waals surface area contributed by atoms with Gasteiger partial charge in [0.25, 0.3) is 0 Å². The fourth-order valence-electron chi connectivity index (χ4n) is 2.54. The zero-order valence-electron chi connectivity index (χ0n) is 14.6. The van der Waals surface area contributed by atoms with Crippen LogP contribution in [0.5, 0.6) is 5.75 Å². The Hall–Kier alpha value is -2.74. The lowest BCUT2D eigenvalue weighted by Crippen LogP contribution is -2.28. The molecule has 0 unspecified atom stereocenters. The maximum absolute atomic E-state index is 11.7. The molecule has 2 heterocycles. The second kappa shape index (κ2) is 7.65. The number of rotatable bonds is 4. The fourth-order valence-corrected chi connectivity index (χ4v) is 3.28. The highest BCUT2D eigenvalue weighted by molar-refractivity contribution is 9.10. The second-order valence-corrected chi connectivity index (χ2v) is 6.46. The zero-order valence-corrected chi connectivity index (χ0v) is 16.2. The van der Waals surface area contributed by atoms with E-state index in [0.29, 0.717) is 35.0 Å². The molecular weight excluding hydrogens is 398 g/mol. The number of urea groups is 1. The van der Waals surface area contributed by atoms with Gasteiger partial charge in [-0.1, -0.05) is 0 Å². The van der Waals surface area contributed by atoms with Crippen LogP contribution in [0.3, 0.4) is 0 Å². The highest BCUT2D eigenvalue weighted by Gasteiger charge is 2.14. The molecule has 8 heteroatoms. The molecule has 0 saturated heterocycles. The number of hydrogen-bond donors (Lipinski definition) is 2. The van der Waals surface area contributed by atoms with Gasteiger partial charge in [0.05, 0.1) is 23.5 Å². The van der Waals surface area contributed by atoms with Gasteiger partial charge in [-0.2, -0.15) is 0 Å². The summed E-state index contributed by atoms with van der Waals surface area (Å²) in [6.45, 7) is 4.37. The van der Waals surface area contributed by atoms with E-state index in [1.165, 1.54) is 0 Å². The smallest absolute Gasteiger partial charge is 0.320 e. The number of ether oxygens (including phenoxy) is 1. The summed E-state index contributed by atoms with van der Waals surface area (Å²) in [5.41, 5.74) is 3.60. The molecule has 0 aliphatic heterocycles. The average Bonchev–Trinajstić information content (AvgIpc) is 2.60. The van der Waals surface area contributed by atoms with E-state index >= 15 is 0 Å². The van der Waals surface area contributed by atoms with E-state index in [1.807, 2.05) is 26.0 Å². The summed E-state index contributed by atoms with van der Waals surface area (Å²) in [5, 5.41) is 5.33. The van der Waals surface area contributed by atoms with E-state index in [2.05, 4.69) is 41.5 Å². The molecule has 7 nitrogen and oxygen atoms in total. The van der Waals surface area contributed by atoms with Gasteiger partial charge in [0.15, 0.2) is 5.65 Å². The minimum atomic E-state index is -0.312. The molecule has 3 rings (SSSR count). The van der Waals surface area contributed by atoms with E-state index < -0.39 is 0 Å². The first-order valence-electron chi connectivity index (χ1n) is 8.05. The van der Waals surface area contributed by atoms with Crippen molar-refractivity contribution in [3.05, 3.63) is 40.5 Å². The van der Waals surface area contributed by atoms with Crippen molar-refractivity contribution < 1.29 is 9.53 Å². The van der Waals surface area contributed by atoms with E-state index in [-0.39, 0.29) is 6.03 Å². The number of pyridine rings is 1. The van der Waals surface area contributed by atoms with Crippen molar-refractivity contribution in [2.45, 2.75) is 13.8 Å². The van der Waals surface area contributed by atoms with Crippen LogP contribution in [0.25, 0.3) is 22.4 Å². The van der Waals surface area contributed by atoms with Crippen LogP contribution in [0.2, 0.25) is 0 Å². The number of halogens is 1. The van der Waals surface area contributed by atoms with Crippen molar-refractivity contribution in [3.8, 4) is 17.0 Å². The highest BCUT2D eigenvalue weighted by Crippen LogP contribution is 2.36. The zero-order chi connectivity index (χ0) is 18.7. The predicted octanol–water partition coefficient (Wildman–Crippen LogP) is 3.91. The Bertz CT molecular complexity index is 977. The number of benzene rings is 1. The van der Waals surface area contributed by atoms with Crippen LogP contribution >= 0.6 is 15.9 Å². The lowest BCUT2D eigenvalue weighted by Gasteiger charge is -2.12. The number of aromatic nitrogens is 3. The molecule has 0 fully saturated rings. The van der Waals surface area contributed by atoms with Crippen molar-refractivity contribution in [2.24, 2.45) is 0 Å². The lowest BCUT2D eigenvalue weighted by molar-refractivity contribution is 0.252. The van der Waals surface area contributed by atoms with Crippen LogP contribution in [0.1, 0.15) is 12.5 Å². The van der Waals surface area contributed by atoms with E-state index in [0.717, 1.165) is 15.6 Å². The van der Waals surface area contributed by atoms with E-state index in [1.54, 1.807) is 25.4 Å². The molecule has 2 aromatic heterocycles. The third-order valence-electron chi connectivity index (χ3n) is 3.65. The third kappa shape index (κ3) is 3.75. The first-order valence-corrected chi connectivity index (χ1v) is 8.84. The number of methoxy groups -OCH3 is 1. The number of nitrogens with zero attached hydrogens (tertiary/aromatic N) is 3. The van der Waals surface area contributed by atoms with Crippen LogP contribution in [0, 0.1) is 6.92 Å². The van der Waals surface area contributed by atoms with Gasteiger partial charge in [-0.3, -0.25) is 10.3 Å². The van der Waals surface area contributed by atoms with Gasteiger partial charge >= 0.3 is 6.03 Å². The Balaban J connectivity index is 2.05. The minimum Gasteiger partial charge on any atom is -0.495 e. The SMILES string of the molecule is CCNC(=O)Nc1ccc2ncc(-c3cc(C)cc(Br)c3OC)nc2n1. The van der Waals surface area contributed by atoms with Gasteiger partial charge in [-0.05, 0) is 59.6 Å². The first kappa shape index (κ1) is 18.1. The summed E-state index contributed by atoms with van der Waals surface area (Å²) in [4.78, 5) is 25.1. The number of nitrogens with one attached hydrogen (secondary N) is 2. The number of carbonyl (C=O) groups excluding carboxylic acids is 1. The number of hydrogen-bond acceptors (Lipinski definition) is 5. The Morgan fingerprint density at radius 3 is 2.81 bits per heavy atom. The second-order valence-electron chi connectivity index (χ2n) is 5.61. The fraction of sp³-hybridized carbons (Fsp3) is 0.222. The van der Waals surface area contributed by atoms with Crippen LogP contribution in [-0.2, 0) is 0 Å². The lowest BCUT2D eigenvalue weighted by atomic mass is 10.1. The summed E-state index contributed by atoms with van der Waals surface area (Å²) in [7, 11) is 1.61. The van der Waals surface area contributed by atoms with E-state index in [9.17, 15) is 4.79 Å². The van der Waals surface area contributed by atoms with Crippen LogP contribution in [-0.4, -0.2) is 34.6 Å². The topological polar surface area (TPSA) is 89.0 Å². The van der Waals surface area contributed by atoms with Gasteiger partial charge in [0.2, 0.25) is 0 Å². The summed E-state index contributed by atoms with van der Waals surface area (Å²) in [6, 6.07) is 7.10. The molecule has 134 valence electrons. The van der Waals surface area contributed by atoms with Crippen LogP contribution < -0.4 is 15.4 Å². The molecule has 0 aliphatic rings. The Morgan fingerprint density at radius 2 is 2.08 bits per heavy atom. The van der Waals surface area contributed by atoms with Crippen molar-refractivity contribution >= 4 is 38.9 Å². The van der Waals surface area contributed by atoms with Crippen molar-refractivity contribution in [1.82, 2.24) is 20.3 Å². The number of fused-ring (bicyclic) bond motifs is 1. The van der Waals surface area contributed by atoms with Gasteiger partial charge in [-0.25, -0.2) is 14.8 Å². The molecule has 0 saturated carbocycles. The average molecular weight is 416 g/mol. The summed E-state index contributed by atoms with van der Waals surface area (Å²) in [5.74, 6) is 1.09. The molecule has 2 amide bonds. The van der Waals surface area contributed by atoms with Gasteiger partial charge < -0.3 is 10.1 Å². The number of amides is 2. The number of aryl methyl sites for hydroxylation is 1. The minimum absolute atomic E-state index is 0.312. The molecule has 0 spiro atoms. The molecule has 2 N–H and O–H groups in total. The largest absolute Gasteiger partial charge is 0.495 e. The van der Waals surface area contributed by atoms with Gasteiger partial charge in [0, 0.05) is 12.1 Å². The van der Waals surface area contributed by atoms with Crippen molar-refractivity contribution in [2.75, 3.05) is 19.0 Å². The Labute approximate surface area is 159 Å². The predicted molar refractivity (Wildman–Crippen MR) is 104 cm³/mol. The quantitative estimate of drug-likeness (QED) is 0.673. The number of anilines is 1. The van der Waals surface area contributed by atoms with Crippen molar-refractivity contribution in [3.63, 3.8) is 0 Å². The van der Waals surface area contributed by atoms with Crippen molar-refractivity contribution in [1.29, 1.82) is 0 Å². The maximum Gasteiger partial charge on any atom is 0.320 e.